The first-order chi connectivity index (χ1) is 8.18. The molecule has 17 heavy (non-hydrogen) atoms. The molecule has 1 N–H and O–H groups in total. The maximum absolute atomic E-state index is 12.0. The molecule has 0 atom stereocenters. The molecule has 6 heteroatoms. The lowest BCUT2D eigenvalue weighted by Gasteiger charge is -2.26. The second kappa shape index (κ2) is 5.44. The van der Waals surface area contributed by atoms with E-state index in [1.54, 1.807) is 0 Å². The van der Waals surface area contributed by atoms with E-state index in [0.717, 1.165) is 31.8 Å². The van der Waals surface area contributed by atoms with Crippen LogP contribution in [0.3, 0.4) is 0 Å². The van der Waals surface area contributed by atoms with Crippen molar-refractivity contribution >= 4 is 18.1 Å². The highest BCUT2D eigenvalue weighted by atomic mass is 32.1. The second-order valence-electron chi connectivity index (χ2n) is 4.42. The first-order valence-electron chi connectivity index (χ1n) is 6.08. The predicted molar refractivity (Wildman–Crippen MR) is 67.2 cm³/mol. The van der Waals surface area contributed by atoms with Gasteiger partial charge >= 0.3 is 0 Å². The van der Waals surface area contributed by atoms with Crippen molar-refractivity contribution in [3.63, 3.8) is 0 Å². The summed E-state index contributed by atoms with van der Waals surface area (Å²) in [7, 11) is 0. The first-order valence-corrected chi connectivity index (χ1v) is 6.49. The molecule has 1 aliphatic heterocycles. The van der Waals surface area contributed by atoms with Gasteiger partial charge in [0, 0.05) is 26.1 Å². The Bertz CT molecular complexity index is 445. The molecule has 0 aliphatic carbocycles. The Morgan fingerprint density at radius 1 is 1.41 bits per heavy atom. The third-order valence-electron chi connectivity index (χ3n) is 3.21. The van der Waals surface area contributed by atoms with Gasteiger partial charge in [0.15, 0.2) is 4.77 Å². The van der Waals surface area contributed by atoms with E-state index in [2.05, 4.69) is 10.2 Å². The van der Waals surface area contributed by atoms with Crippen molar-refractivity contribution in [1.82, 2.24) is 19.7 Å². The van der Waals surface area contributed by atoms with Gasteiger partial charge < -0.3 is 9.47 Å². The van der Waals surface area contributed by atoms with Crippen LogP contribution < -0.4 is 0 Å². The SMILES string of the molecule is Cc1n[nH]c(=S)n1CCC(=O)N1CCCCC1. The minimum atomic E-state index is 0.229. The lowest BCUT2D eigenvalue weighted by atomic mass is 10.1. The van der Waals surface area contributed by atoms with Gasteiger partial charge in [-0.15, -0.1) is 0 Å². The molecular weight excluding hydrogens is 236 g/mol. The van der Waals surface area contributed by atoms with Gasteiger partial charge in [0.05, 0.1) is 0 Å². The highest BCUT2D eigenvalue weighted by Crippen LogP contribution is 2.10. The number of nitrogens with zero attached hydrogens (tertiary/aromatic N) is 3. The lowest BCUT2D eigenvalue weighted by Crippen LogP contribution is -2.36. The maximum Gasteiger partial charge on any atom is 0.224 e. The fourth-order valence-corrected chi connectivity index (χ4v) is 2.44. The van der Waals surface area contributed by atoms with Crippen molar-refractivity contribution in [3.8, 4) is 0 Å². The number of aromatic nitrogens is 3. The van der Waals surface area contributed by atoms with Crippen LogP contribution in [0.25, 0.3) is 0 Å². The van der Waals surface area contributed by atoms with Crippen LogP contribution in [0, 0.1) is 11.7 Å². The zero-order valence-electron chi connectivity index (χ0n) is 10.1. The van der Waals surface area contributed by atoms with Crippen LogP contribution in [0.5, 0.6) is 0 Å². The Morgan fingerprint density at radius 2 is 2.12 bits per heavy atom. The number of hydrogen-bond donors (Lipinski definition) is 1. The third-order valence-corrected chi connectivity index (χ3v) is 3.52. The molecular formula is C11H18N4OS. The smallest absolute Gasteiger partial charge is 0.224 e. The standard InChI is InChI=1S/C11H18N4OS/c1-9-12-13-11(17)15(9)8-5-10(16)14-6-3-2-4-7-14/h2-8H2,1H3,(H,13,17). The highest BCUT2D eigenvalue weighted by molar-refractivity contribution is 7.71. The molecule has 0 radical (unpaired) electrons. The minimum absolute atomic E-state index is 0.229. The Hall–Kier alpha value is -1.17. The summed E-state index contributed by atoms with van der Waals surface area (Å²) in [4.78, 5) is 13.9. The Kier molecular flexibility index (Phi) is 3.93. The molecule has 2 heterocycles. The molecule has 0 bridgehead atoms. The molecule has 1 fully saturated rings. The number of likely N-dealkylation sites (tertiary alicyclic amines) is 1. The molecule has 1 aromatic heterocycles. The predicted octanol–water partition coefficient (Wildman–Crippen LogP) is 1.65. The number of carbonyl (C=O) groups is 1. The largest absolute Gasteiger partial charge is 0.343 e. The molecule has 1 aliphatic rings. The number of aromatic amines is 1. The van der Waals surface area contributed by atoms with Gasteiger partial charge in [-0.05, 0) is 38.4 Å². The molecule has 0 unspecified atom stereocenters. The summed E-state index contributed by atoms with van der Waals surface area (Å²) in [5.74, 6) is 1.06. The molecule has 1 aromatic rings. The third kappa shape index (κ3) is 2.94. The van der Waals surface area contributed by atoms with E-state index in [9.17, 15) is 4.79 Å². The summed E-state index contributed by atoms with van der Waals surface area (Å²) >= 11 is 5.10. The van der Waals surface area contributed by atoms with Gasteiger partial charge in [-0.25, -0.2) is 0 Å². The fraction of sp³-hybridized carbons (Fsp3) is 0.727. The van der Waals surface area contributed by atoms with Crippen molar-refractivity contribution in [2.75, 3.05) is 13.1 Å². The normalized spacial score (nSPS) is 16.2. The molecule has 0 saturated carbocycles. The van der Waals surface area contributed by atoms with E-state index in [1.807, 2.05) is 16.4 Å². The van der Waals surface area contributed by atoms with Crippen molar-refractivity contribution in [1.29, 1.82) is 0 Å². The molecule has 0 spiro atoms. The van der Waals surface area contributed by atoms with E-state index in [0.29, 0.717) is 17.7 Å². The molecule has 94 valence electrons. The summed E-state index contributed by atoms with van der Waals surface area (Å²) < 4.78 is 2.46. The van der Waals surface area contributed by atoms with Gasteiger partial charge in [-0.2, -0.15) is 5.10 Å². The van der Waals surface area contributed by atoms with Crippen LogP contribution in [-0.2, 0) is 11.3 Å². The zero-order chi connectivity index (χ0) is 12.3. The zero-order valence-corrected chi connectivity index (χ0v) is 10.9. The van der Waals surface area contributed by atoms with Gasteiger partial charge in [0.2, 0.25) is 5.91 Å². The average Bonchev–Trinajstić information content (AvgIpc) is 2.67. The van der Waals surface area contributed by atoms with E-state index in [4.69, 9.17) is 12.2 Å². The Morgan fingerprint density at radius 3 is 2.71 bits per heavy atom. The van der Waals surface area contributed by atoms with E-state index >= 15 is 0 Å². The van der Waals surface area contributed by atoms with Gasteiger partial charge in [-0.1, -0.05) is 0 Å². The van der Waals surface area contributed by atoms with Crippen LogP contribution in [0.4, 0.5) is 0 Å². The van der Waals surface area contributed by atoms with Gasteiger partial charge in [0.1, 0.15) is 5.82 Å². The number of rotatable bonds is 3. The molecule has 2 rings (SSSR count). The number of H-pyrrole nitrogens is 1. The number of hydrogen-bond acceptors (Lipinski definition) is 3. The summed E-state index contributed by atoms with van der Waals surface area (Å²) in [6.45, 7) is 4.33. The van der Waals surface area contributed by atoms with Crippen molar-refractivity contribution in [3.05, 3.63) is 10.6 Å². The highest BCUT2D eigenvalue weighted by Gasteiger charge is 2.16. The summed E-state index contributed by atoms with van der Waals surface area (Å²) in [6, 6.07) is 0. The number of carbonyl (C=O) groups excluding carboxylic acids is 1. The fourth-order valence-electron chi connectivity index (χ4n) is 2.17. The average molecular weight is 254 g/mol. The lowest BCUT2D eigenvalue weighted by molar-refractivity contribution is -0.132. The van der Waals surface area contributed by atoms with Gasteiger partial charge in [-0.3, -0.25) is 9.89 Å². The molecule has 1 saturated heterocycles. The summed E-state index contributed by atoms with van der Waals surface area (Å²) in [5, 5.41) is 6.76. The number of aryl methyl sites for hydroxylation is 1. The van der Waals surface area contributed by atoms with Crippen LogP contribution in [0.1, 0.15) is 31.5 Å². The van der Waals surface area contributed by atoms with Crippen LogP contribution >= 0.6 is 12.2 Å². The Labute approximate surface area is 106 Å². The Balaban J connectivity index is 1.89. The van der Waals surface area contributed by atoms with Crippen LogP contribution in [0.2, 0.25) is 0 Å². The topological polar surface area (TPSA) is 53.9 Å². The van der Waals surface area contributed by atoms with Gasteiger partial charge in [0.25, 0.3) is 0 Å². The second-order valence-corrected chi connectivity index (χ2v) is 4.81. The number of amides is 1. The van der Waals surface area contributed by atoms with Crippen LogP contribution in [-0.4, -0.2) is 38.7 Å². The molecule has 0 aromatic carbocycles. The minimum Gasteiger partial charge on any atom is -0.343 e. The van der Waals surface area contributed by atoms with E-state index in [-0.39, 0.29) is 5.91 Å². The maximum atomic E-state index is 12.0. The first kappa shape index (κ1) is 12.3. The van der Waals surface area contributed by atoms with Crippen LogP contribution in [0.15, 0.2) is 0 Å². The van der Waals surface area contributed by atoms with E-state index < -0.39 is 0 Å². The molecule has 5 nitrogen and oxygen atoms in total. The quantitative estimate of drug-likeness (QED) is 0.835. The summed E-state index contributed by atoms with van der Waals surface area (Å²) in [5.41, 5.74) is 0. The van der Waals surface area contributed by atoms with E-state index in [1.165, 1.54) is 6.42 Å². The van der Waals surface area contributed by atoms with Crippen molar-refractivity contribution in [2.45, 2.75) is 39.2 Å². The monoisotopic (exact) mass is 254 g/mol. The summed E-state index contributed by atoms with van der Waals surface area (Å²) in [6.07, 6.45) is 4.02. The van der Waals surface area contributed by atoms with Crippen molar-refractivity contribution < 1.29 is 4.79 Å². The number of piperidine rings is 1. The molecule has 1 amide bonds. The van der Waals surface area contributed by atoms with Crippen molar-refractivity contribution in [2.24, 2.45) is 0 Å². The number of nitrogens with one attached hydrogen (secondary N) is 1.